The van der Waals surface area contributed by atoms with E-state index in [1.165, 1.54) is 18.4 Å². The van der Waals surface area contributed by atoms with Gasteiger partial charge in [-0.25, -0.2) is 0 Å². The van der Waals surface area contributed by atoms with Crippen LogP contribution in [0.3, 0.4) is 0 Å². The minimum absolute atomic E-state index is 0.303. The molecule has 22 heavy (non-hydrogen) atoms. The summed E-state index contributed by atoms with van der Waals surface area (Å²) in [5.41, 5.74) is 1.66. The Morgan fingerprint density at radius 2 is 1.86 bits per heavy atom. The quantitative estimate of drug-likeness (QED) is 0.818. The zero-order chi connectivity index (χ0) is 15.5. The summed E-state index contributed by atoms with van der Waals surface area (Å²) in [4.78, 5) is 0. The van der Waals surface area contributed by atoms with Crippen LogP contribution in [0.4, 0.5) is 0 Å². The second-order valence-corrected chi connectivity index (χ2v) is 7.68. The predicted octanol–water partition coefficient (Wildman–Crippen LogP) is 2.75. The van der Waals surface area contributed by atoms with Crippen molar-refractivity contribution in [3.63, 3.8) is 0 Å². The smallest absolute Gasteiger partial charge is 0.399 e. The van der Waals surface area contributed by atoms with Gasteiger partial charge < -0.3 is 9.31 Å². The Morgan fingerprint density at radius 3 is 2.50 bits per heavy atom. The lowest BCUT2D eigenvalue weighted by Gasteiger charge is -2.32. The van der Waals surface area contributed by atoms with E-state index >= 15 is 0 Å². The van der Waals surface area contributed by atoms with Gasteiger partial charge in [0.25, 0.3) is 0 Å². The van der Waals surface area contributed by atoms with Gasteiger partial charge in [-0.1, -0.05) is 12.1 Å². The van der Waals surface area contributed by atoms with Crippen LogP contribution in [0.5, 0.6) is 0 Å². The molecule has 1 aliphatic heterocycles. The number of nitrogens with zero attached hydrogens (tertiary/aromatic N) is 2. The Kier molecular flexibility index (Phi) is 2.98. The van der Waals surface area contributed by atoms with E-state index in [2.05, 4.69) is 55.7 Å². The summed E-state index contributed by atoms with van der Waals surface area (Å²) in [6.45, 7) is 9.37. The highest BCUT2D eigenvalue weighted by Crippen LogP contribution is 2.36. The molecule has 1 aromatic heterocycles. The Labute approximate surface area is 131 Å². The molecule has 2 aliphatic rings. The minimum Gasteiger partial charge on any atom is -0.399 e. The van der Waals surface area contributed by atoms with Gasteiger partial charge in [-0.05, 0) is 58.0 Å². The van der Waals surface area contributed by atoms with Crippen molar-refractivity contribution >= 4 is 23.5 Å². The number of hydrogen-bond donors (Lipinski definition) is 0. The maximum atomic E-state index is 6.13. The molecule has 1 aromatic carbocycles. The maximum Gasteiger partial charge on any atom is 0.494 e. The Balaban J connectivity index is 1.63. The van der Waals surface area contributed by atoms with Crippen molar-refractivity contribution in [3.05, 3.63) is 24.4 Å². The van der Waals surface area contributed by atoms with Crippen LogP contribution in [-0.4, -0.2) is 28.1 Å². The van der Waals surface area contributed by atoms with E-state index in [-0.39, 0.29) is 18.3 Å². The number of aromatic nitrogens is 2. The zero-order valence-electron chi connectivity index (χ0n) is 13.8. The molecule has 2 fully saturated rings. The van der Waals surface area contributed by atoms with E-state index in [4.69, 9.17) is 9.31 Å². The molecular formula is C17H23BN2O2. The Morgan fingerprint density at radius 1 is 1.18 bits per heavy atom. The molecule has 5 heteroatoms. The first kappa shape index (κ1) is 14.3. The van der Waals surface area contributed by atoms with Gasteiger partial charge in [-0.15, -0.1) is 0 Å². The fourth-order valence-corrected chi connectivity index (χ4v) is 2.92. The highest BCUT2D eigenvalue weighted by atomic mass is 16.7. The predicted molar refractivity (Wildman–Crippen MR) is 88.2 cm³/mol. The summed E-state index contributed by atoms with van der Waals surface area (Å²) >= 11 is 0. The lowest BCUT2D eigenvalue weighted by molar-refractivity contribution is 0.00578. The summed E-state index contributed by atoms with van der Waals surface area (Å²) in [7, 11) is -0.304. The largest absolute Gasteiger partial charge is 0.494 e. The van der Waals surface area contributed by atoms with Gasteiger partial charge in [0.05, 0.1) is 22.9 Å². The number of hydrogen-bond acceptors (Lipinski definition) is 3. The molecule has 0 unspecified atom stereocenters. The van der Waals surface area contributed by atoms with Crippen LogP contribution in [0.2, 0.25) is 0 Å². The fourth-order valence-electron chi connectivity index (χ4n) is 2.92. The van der Waals surface area contributed by atoms with Gasteiger partial charge in [0.1, 0.15) is 0 Å². The van der Waals surface area contributed by atoms with E-state index in [0.29, 0.717) is 0 Å². The lowest BCUT2D eigenvalue weighted by Crippen LogP contribution is -2.41. The van der Waals surface area contributed by atoms with Crippen LogP contribution < -0.4 is 5.46 Å². The first-order chi connectivity index (χ1) is 10.4. The van der Waals surface area contributed by atoms with Gasteiger partial charge in [-0.2, -0.15) is 5.10 Å². The summed E-state index contributed by atoms with van der Waals surface area (Å²) < 4.78 is 14.4. The lowest BCUT2D eigenvalue weighted by atomic mass is 9.79. The third-order valence-corrected chi connectivity index (χ3v) is 5.32. The second-order valence-electron chi connectivity index (χ2n) is 7.68. The maximum absolute atomic E-state index is 6.13. The molecule has 0 atom stereocenters. The van der Waals surface area contributed by atoms with Crippen LogP contribution in [-0.2, 0) is 15.9 Å². The Bertz CT molecular complexity index is 703. The fraction of sp³-hybridized carbons (Fsp3) is 0.588. The molecule has 116 valence electrons. The topological polar surface area (TPSA) is 36.3 Å². The van der Waals surface area contributed by atoms with E-state index in [0.717, 1.165) is 23.3 Å². The highest BCUT2D eigenvalue weighted by Gasteiger charge is 2.51. The average Bonchev–Trinajstić information content (AvgIpc) is 3.12. The van der Waals surface area contributed by atoms with Crippen molar-refractivity contribution in [3.8, 4) is 0 Å². The first-order valence-corrected chi connectivity index (χ1v) is 8.17. The van der Waals surface area contributed by atoms with Crippen LogP contribution in [0.15, 0.2) is 24.4 Å². The molecule has 4 rings (SSSR count). The van der Waals surface area contributed by atoms with Crippen molar-refractivity contribution in [2.75, 3.05) is 0 Å². The van der Waals surface area contributed by atoms with E-state index in [1.807, 2.05) is 6.20 Å². The molecule has 0 spiro atoms. The van der Waals surface area contributed by atoms with Gasteiger partial charge in [-0.3, -0.25) is 4.68 Å². The van der Waals surface area contributed by atoms with Gasteiger partial charge in [0, 0.05) is 11.9 Å². The highest BCUT2D eigenvalue weighted by molar-refractivity contribution is 6.62. The molecule has 1 saturated heterocycles. The van der Waals surface area contributed by atoms with Crippen LogP contribution in [0.25, 0.3) is 10.9 Å². The Hall–Kier alpha value is -1.33. The molecule has 2 aromatic rings. The molecule has 0 radical (unpaired) electrons. The summed E-state index contributed by atoms with van der Waals surface area (Å²) in [5, 5.41) is 5.70. The summed E-state index contributed by atoms with van der Waals surface area (Å²) in [5.74, 6) is 0.825. The van der Waals surface area contributed by atoms with Crippen molar-refractivity contribution in [1.82, 2.24) is 9.78 Å². The van der Waals surface area contributed by atoms with Crippen molar-refractivity contribution in [1.29, 1.82) is 0 Å². The zero-order valence-corrected chi connectivity index (χ0v) is 13.8. The van der Waals surface area contributed by atoms with Crippen LogP contribution >= 0.6 is 0 Å². The normalized spacial score (nSPS) is 23.4. The molecule has 4 nitrogen and oxygen atoms in total. The monoisotopic (exact) mass is 298 g/mol. The molecule has 1 saturated carbocycles. The second kappa shape index (κ2) is 4.59. The van der Waals surface area contributed by atoms with Crippen LogP contribution in [0, 0.1) is 5.92 Å². The third kappa shape index (κ3) is 2.27. The summed E-state index contributed by atoms with van der Waals surface area (Å²) in [6, 6.07) is 6.40. The molecule has 2 heterocycles. The average molecular weight is 298 g/mol. The number of rotatable bonds is 3. The molecule has 0 N–H and O–H groups in total. The number of fused-ring (bicyclic) bond motifs is 1. The standard InChI is InChI=1S/C17H23BN2O2/c1-16(2)17(3,4)22-18(21-16)14-7-8-15-13(9-14)10-19-20(15)11-12-5-6-12/h7-10,12H,5-6,11H2,1-4H3. The summed E-state index contributed by atoms with van der Waals surface area (Å²) in [6.07, 6.45) is 4.63. The minimum atomic E-state index is -0.304. The van der Waals surface area contributed by atoms with Gasteiger partial charge in [0.2, 0.25) is 0 Å². The van der Waals surface area contributed by atoms with E-state index in [9.17, 15) is 0 Å². The SMILES string of the molecule is CC1(C)OB(c2ccc3c(cnn3CC3CC3)c2)OC1(C)C. The third-order valence-electron chi connectivity index (χ3n) is 5.32. The van der Waals surface area contributed by atoms with Crippen molar-refractivity contribution in [2.45, 2.75) is 58.3 Å². The molecule has 1 aliphatic carbocycles. The van der Waals surface area contributed by atoms with Gasteiger partial charge in [0.15, 0.2) is 0 Å². The van der Waals surface area contributed by atoms with Gasteiger partial charge >= 0.3 is 7.12 Å². The van der Waals surface area contributed by atoms with E-state index < -0.39 is 0 Å². The van der Waals surface area contributed by atoms with Crippen LogP contribution in [0.1, 0.15) is 40.5 Å². The van der Waals surface area contributed by atoms with Crippen molar-refractivity contribution in [2.24, 2.45) is 5.92 Å². The molecular weight excluding hydrogens is 275 g/mol. The first-order valence-electron chi connectivity index (χ1n) is 8.17. The molecule has 0 amide bonds. The van der Waals surface area contributed by atoms with Crippen molar-refractivity contribution < 1.29 is 9.31 Å². The molecule has 0 bridgehead atoms. The number of benzene rings is 1. The van der Waals surface area contributed by atoms with E-state index in [1.54, 1.807) is 0 Å².